The number of esters is 1. The van der Waals surface area contributed by atoms with Gasteiger partial charge in [-0.2, -0.15) is 0 Å². The van der Waals surface area contributed by atoms with Gasteiger partial charge in [-0.05, 0) is 83.0 Å². The third-order valence-corrected chi connectivity index (χ3v) is 13.4. The number of carbonyl (C=O) groups is 1. The fourth-order valence-electron chi connectivity index (χ4n) is 4.29. The van der Waals surface area contributed by atoms with Gasteiger partial charge < -0.3 is 4.74 Å². The minimum absolute atomic E-state index is 0.153. The monoisotopic (exact) mass is 524 g/mol. The largest absolute Gasteiger partial charge is 0.461 e. The van der Waals surface area contributed by atoms with Gasteiger partial charge in [-0.1, -0.05) is 80.6 Å². The van der Waals surface area contributed by atoms with Gasteiger partial charge in [-0.15, -0.1) is 5.54 Å². The van der Waals surface area contributed by atoms with Gasteiger partial charge in [0, 0.05) is 0 Å². The average molecular weight is 526 g/mol. The molecule has 0 spiro atoms. The number of carbonyl (C=O) groups excluding carboxylic acids is 1. The summed E-state index contributed by atoms with van der Waals surface area (Å²) in [7, 11) is -1.65. The summed E-state index contributed by atoms with van der Waals surface area (Å²) in [5, 5.41) is 0. The first-order valence-corrected chi connectivity index (χ1v) is 15.4. The van der Waals surface area contributed by atoms with E-state index in [1.165, 1.54) is 11.1 Å². The van der Waals surface area contributed by atoms with Gasteiger partial charge in [-0.25, -0.2) is 0 Å². The Kier molecular flexibility index (Phi) is 14.1. The lowest BCUT2D eigenvalue weighted by Crippen LogP contribution is -2.43. The zero-order valence-electron chi connectivity index (χ0n) is 22.7. The maximum atomic E-state index is 11.8. The molecule has 0 saturated carbocycles. The van der Waals surface area contributed by atoms with Crippen molar-refractivity contribution >= 4 is 30.0 Å². The Balaban J connectivity index is 4.66. The second-order valence-corrected chi connectivity index (χ2v) is 17.8. The second-order valence-electron chi connectivity index (χ2n) is 11.2. The maximum Gasteiger partial charge on any atom is 0.311 e. The van der Waals surface area contributed by atoms with Crippen molar-refractivity contribution in [2.75, 3.05) is 6.61 Å². The van der Waals surface area contributed by atoms with Gasteiger partial charge >= 0.3 is 5.97 Å². The Hall–Kier alpha value is -0.793. The average Bonchev–Trinajstić information content (AvgIpc) is 2.65. The number of alkyl halides is 1. The Morgan fingerprint density at radius 3 is 1.91 bits per heavy atom. The number of allylic oxidation sites excluding steroid dienone is 3. The maximum absolute atomic E-state index is 11.8. The lowest BCUT2D eigenvalue weighted by Gasteiger charge is -2.38. The Morgan fingerprint density at radius 1 is 0.938 bits per heavy atom. The van der Waals surface area contributed by atoms with E-state index in [9.17, 15) is 4.79 Å². The van der Waals surface area contributed by atoms with Crippen molar-refractivity contribution < 1.29 is 9.53 Å². The highest BCUT2D eigenvalue weighted by atomic mass is 79.9. The highest BCUT2D eigenvalue weighted by molar-refractivity contribution is 9.09. The fraction of sp³-hybridized carbons (Fsp3) is 0.750. The predicted octanol–water partition coefficient (Wildman–Crippen LogP) is 9.01. The SMILES string of the molecule is C/C(=C\COC(=O)C(C)(C)C)CC/C=C(\C)CCC(Br)C#C[Si](C(C)C)(C(C)C)C(C)C. The van der Waals surface area contributed by atoms with Crippen LogP contribution >= 0.6 is 15.9 Å². The molecule has 0 aromatic heterocycles. The molecule has 0 radical (unpaired) electrons. The molecule has 0 aromatic carbocycles. The van der Waals surface area contributed by atoms with Crippen LogP contribution in [0.1, 0.15) is 102 Å². The molecule has 184 valence electrons. The normalized spacial score (nSPS) is 14.6. The van der Waals surface area contributed by atoms with E-state index in [1.807, 2.05) is 26.8 Å². The van der Waals surface area contributed by atoms with E-state index in [2.05, 4.69) is 88.9 Å². The number of ether oxygens (including phenoxy) is 1. The van der Waals surface area contributed by atoms with Gasteiger partial charge in [0.15, 0.2) is 0 Å². The molecule has 0 heterocycles. The molecule has 0 rings (SSSR count). The first-order valence-electron chi connectivity index (χ1n) is 12.3. The highest BCUT2D eigenvalue weighted by Crippen LogP contribution is 2.40. The number of hydrogen-bond acceptors (Lipinski definition) is 2. The highest BCUT2D eigenvalue weighted by Gasteiger charge is 2.41. The molecule has 2 nitrogen and oxygen atoms in total. The van der Waals surface area contributed by atoms with Crippen LogP contribution in [0.25, 0.3) is 0 Å². The van der Waals surface area contributed by atoms with E-state index in [0.717, 1.165) is 25.7 Å². The predicted molar refractivity (Wildman–Crippen MR) is 148 cm³/mol. The van der Waals surface area contributed by atoms with Crippen LogP contribution in [-0.2, 0) is 9.53 Å². The quantitative estimate of drug-likeness (QED) is 0.0884. The van der Waals surface area contributed by atoms with Crippen molar-refractivity contribution in [2.45, 2.75) is 123 Å². The van der Waals surface area contributed by atoms with E-state index < -0.39 is 13.5 Å². The van der Waals surface area contributed by atoms with Crippen LogP contribution in [0.15, 0.2) is 23.3 Å². The zero-order chi connectivity index (χ0) is 25.1. The van der Waals surface area contributed by atoms with Crippen molar-refractivity contribution in [3.63, 3.8) is 0 Å². The van der Waals surface area contributed by atoms with E-state index >= 15 is 0 Å². The number of hydrogen-bond donors (Lipinski definition) is 0. The lowest BCUT2D eigenvalue weighted by atomic mass is 9.97. The van der Waals surface area contributed by atoms with E-state index in [-0.39, 0.29) is 10.8 Å². The van der Waals surface area contributed by atoms with Crippen molar-refractivity contribution in [3.05, 3.63) is 23.3 Å². The molecule has 0 amide bonds. The topological polar surface area (TPSA) is 26.3 Å². The summed E-state index contributed by atoms with van der Waals surface area (Å²) in [6.07, 6.45) is 8.48. The summed E-state index contributed by atoms with van der Waals surface area (Å²) in [5.41, 5.74) is 8.08. The van der Waals surface area contributed by atoms with Crippen LogP contribution in [0.3, 0.4) is 0 Å². The van der Waals surface area contributed by atoms with Crippen LogP contribution in [0.5, 0.6) is 0 Å². The van der Waals surface area contributed by atoms with E-state index in [1.54, 1.807) is 0 Å². The van der Waals surface area contributed by atoms with Crippen LogP contribution < -0.4 is 0 Å². The third kappa shape index (κ3) is 10.9. The van der Waals surface area contributed by atoms with Gasteiger partial charge in [-0.3, -0.25) is 4.79 Å². The zero-order valence-corrected chi connectivity index (χ0v) is 25.3. The first-order chi connectivity index (χ1) is 14.6. The van der Waals surface area contributed by atoms with Gasteiger partial charge in [0.2, 0.25) is 0 Å². The van der Waals surface area contributed by atoms with Gasteiger partial charge in [0.1, 0.15) is 14.7 Å². The summed E-state index contributed by atoms with van der Waals surface area (Å²) in [6.45, 7) is 24.5. The minimum Gasteiger partial charge on any atom is -0.461 e. The Morgan fingerprint density at radius 2 is 1.44 bits per heavy atom. The number of halogens is 1. The molecule has 0 fully saturated rings. The molecule has 1 atom stereocenters. The van der Waals surface area contributed by atoms with E-state index in [0.29, 0.717) is 23.2 Å². The van der Waals surface area contributed by atoms with Gasteiger partial charge in [0.25, 0.3) is 0 Å². The summed E-state index contributed by atoms with van der Waals surface area (Å²) >= 11 is 3.82. The molecule has 4 heteroatoms. The molecule has 0 N–H and O–H groups in total. The van der Waals surface area contributed by atoms with Crippen LogP contribution in [0, 0.1) is 16.9 Å². The molecule has 1 unspecified atom stereocenters. The molecule has 0 aromatic rings. The Labute approximate surface area is 209 Å². The smallest absolute Gasteiger partial charge is 0.311 e. The molecule has 0 aliphatic carbocycles. The molecule has 0 aliphatic rings. The van der Waals surface area contributed by atoms with Crippen LogP contribution in [0.2, 0.25) is 16.6 Å². The fourth-order valence-corrected chi connectivity index (χ4v) is 10.1. The van der Waals surface area contributed by atoms with Crippen LogP contribution in [0.4, 0.5) is 0 Å². The van der Waals surface area contributed by atoms with Crippen LogP contribution in [-0.4, -0.2) is 25.5 Å². The van der Waals surface area contributed by atoms with Gasteiger partial charge in [0.05, 0.1) is 10.2 Å². The molecule has 0 saturated heterocycles. The molecule has 32 heavy (non-hydrogen) atoms. The lowest BCUT2D eigenvalue weighted by molar-refractivity contribution is -0.151. The summed E-state index contributed by atoms with van der Waals surface area (Å²) < 4.78 is 5.31. The number of rotatable bonds is 11. The second kappa shape index (κ2) is 14.5. The van der Waals surface area contributed by atoms with Crippen molar-refractivity contribution in [1.29, 1.82) is 0 Å². The molecule has 0 bridgehead atoms. The van der Waals surface area contributed by atoms with Crippen molar-refractivity contribution in [2.24, 2.45) is 5.41 Å². The summed E-state index contributed by atoms with van der Waals surface area (Å²) in [5.74, 6) is 3.44. The third-order valence-electron chi connectivity index (χ3n) is 6.39. The summed E-state index contributed by atoms with van der Waals surface area (Å²) in [6, 6.07) is 0. The molecular weight excluding hydrogens is 476 g/mol. The summed E-state index contributed by atoms with van der Waals surface area (Å²) in [4.78, 5) is 12.1. The Bertz CT molecular complexity index is 677. The minimum atomic E-state index is -1.65. The van der Waals surface area contributed by atoms with E-state index in [4.69, 9.17) is 4.74 Å². The molecular formula is C28H49BrO2Si. The standard InChI is InChI=1S/C28H49BrO2Si/c1-21(2)32(22(3)4,23(5)6)20-18-26(29)16-15-24(7)13-12-14-25(8)17-19-31-27(30)28(9,10)11/h13,17,21-23,26H,12,14-16,19H2,1-11H3/b24-13+,25-17+. The molecule has 0 aliphatic heterocycles. The van der Waals surface area contributed by atoms with Crippen molar-refractivity contribution in [1.82, 2.24) is 0 Å². The van der Waals surface area contributed by atoms with Crippen molar-refractivity contribution in [3.8, 4) is 11.5 Å². The first kappa shape index (κ1) is 31.2.